The Labute approximate surface area is 585 Å². The van der Waals surface area contributed by atoms with Gasteiger partial charge in [-0.1, -0.05) is 0 Å². The Bertz CT molecular complexity index is 3400. The van der Waals surface area contributed by atoms with E-state index in [1.807, 2.05) is 51.3 Å². The van der Waals surface area contributed by atoms with Gasteiger partial charge in [0.1, 0.15) is 41.3 Å². The molecule has 3 fully saturated rings. The summed E-state index contributed by atoms with van der Waals surface area (Å²) in [6, 6.07) is 15.6. The summed E-state index contributed by atoms with van der Waals surface area (Å²) < 4.78 is 32.6. The van der Waals surface area contributed by atoms with Crippen LogP contribution in [0, 0.1) is 0 Å². The van der Waals surface area contributed by atoms with E-state index in [1.54, 1.807) is 49.9 Å². The van der Waals surface area contributed by atoms with Gasteiger partial charge in [-0.3, -0.25) is 14.4 Å². The zero-order chi connectivity index (χ0) is 71.5. The third kappa shape index (κ3) is 31.1. The van der Waals surface area contributed by atoms with Crippen LogP contribution in [0.15, 0.2) is 79.1 Å². The van der Waals surface area contributed by atoms with E-state index in [-0.39, 0.29) is 58.3 Å². The number of carboxylic acids is 3. The number of aromatic nitrogens is 5. The number of nitrogens with one attached hydrogen (secondary N) is 2. The van der Waals surface area contributed by atoms with Crippen molar-refractivity contribution in [3.05, 3.63) is 107 Å². The molecule has 8 heterocycles. The molecule has 5 aromatic heterocycles. The van der Waals surface area contributed by atoms with Crippen LogP contribution >= 0.6 is 63.7 Å². The number of carboxylic acid groups (broad SMARTS) is 3. The number of nitrogens with zero attached hydrogens (tertiary/aromatic N) is 8. The van der Waals surface area contributed by atoms with E-state index in [1.165, 1.54) is 64.8 Å². The summed E-state index contributed by atoms with van der Waals surface area (Å²) in [5.41, 5.74) is 5.87. The second-order valence-electron chi connectivity index (χ2n) is 23.1. The number of esters is 2. The highest BCUT2D eigenvalue weighted by atomic mass is 79.9. The lowest BCUT2D eigenvalue weighted by atomic mass is 10.0. The fourth-order valence-corrected chi connectivity index (χ4v) is 10.5. The zero-order valence-corrected chi connectivity index (χ0v) is 61.6. The van der Waals surface area contributed by atoms with E-state index in [0.29, 0.717) is 72.1 Å². The molecule has 95 heavy (non-hydrogen) atoms. The lowest BCUT2D eigenvalue weighted by molar-refractivity contribution is -0.130. The molecule has 0 atom stereocenters. The number of aromatic carboxylic acids is 3. The Hall–Kier alpha value is -7.81. The van der Waals surface area contributed by atoms with Gasteiger partial charge in [0.2, 0.25) is 41.2 Å². The number of hydrogen-bond donors (Lipinski definition) is 6. The third-order valence-electron chi connectivity index (χ3n) is 13.3. The molecule has 3 aliphatic heterocycles. The molecular formula is C63H83Br4N11O17. The fraction of sp³-hybridized carbons (Fsp3) is 0.476. The molecule has 7 N–H and O–H groups in total. The molecule has 0 bridgehead atoms. The maximum atomic E-state index is 12.3. The summed E-state index contributed by atoms with van der Waals surface area (Å²) in [6.07, 6.45) is 5.20. The number of hydrogen-bond acceptors (Lipinski definition) is 22. The number of halogens is 4. The molecule has 0 unspecified atom stereocenters. The molecule has 5 aromatic rings. The minimum absolute atomic E-state index is 0.0844. The molecule has 0 aromatic carbocycles. The first-order valence-corrected chi connectivity index (χ1v) is 32.7. The van der Waals surface area contributed by atoms with Crippen LogP contribution in [0.25, 0.3) is 0 Å². The average Bonchev–Trinajstić information content (AvgIpc) is 0.956. The van der Waals surface area contributed by atoms with Crippen molar-refractivity contribution in [2.24, 2.45) is 5.73 Å². The van der Waals surface area contributed by atoms with Gasteiger partial charge in [-0.2, -0.15) is 9.97 Å². The van der Waals surface area contributed by atoms with E-state index in [0.717, 1.165) is 64.7 Å². The van der Waals surface area contributed by atoms with E-state index in [9.17, 15) is 38.4 Å². The maximum absolute atomic E-state index is 12.3. The fourth-order valence-electron chi connectivity index (χ4n) is 8.58. The number of rotatable bonds is 13. The predicted octanol–water partition coefficient (Wildman–Crippen LogP) is 10.3. The van der Waals surface area contributed by atoms with Crippen molar-refractivity contribution in [3.63, 3.8) is 0 Å². The summed E-state index contributed by atoms with van der Waals surface area (Å²) in [7, 11) is 5.88. The van der Waals surface area contributed by atoms with E-state index >= 15 is 0 Å². The normalized spacial score (nSPS) is 14.0. The minimum Gasteiger partial charge on any atom is -0.481 e. The van der Waals surface area contributed by atoms with Crippen molar-refractivity contribution in [2.45, 2.75) is 130 Å². The Morgan fingerprint density at radius 3 is 0.979 bits per heavy atom. The molecule has 8 rings (SSSR count). The smallest absolute Gasteiger partial charge is 0.338 e. The molecule has 32 heteroatoms. The van der Waals surface area contributed by atoms with Crippen LogP contribution in [-0.4, -0.2) is 200 Å². The number of piperidine rings is 3. The summed E-state index contributed by atoms with van der Waals surface area (Å²) in [5, 5.41) is 32.8. The monoisotopic (exact) mass is 1580 g/mol. The Balaban J connectivity index is 0.000000307. The molecule has 520 valence electrons. The van der Waals surface area contributed by atoms with Gasteiger partial charge in [-0.05, 0) is 180 Å². The minimum atomic E-state index is -1.02. The number of anilines is 2. The lowest BCUT2D eigenvalue weighted by Crippen LogP contribution is -2.41. The van der Waals surface area contributed by atoms with E-state index in [4.69, 9.17) is 49.5 Å². The van der Waals surface area contributed by atoms with E-state index < -0.39 is 41.0 Å². The van der Waals surface area contributed by atoms with Crippen molar-refractivity contribution >= 4 is 123 Å². The Kier molecular flexibility index (Phi) is 33.7. The maximum Gasteiger partial charge on any atom is 0.338 e. The average molecular weight is 1590 g/mol. The molecule has 28 nitrogen and oxygen atoms in total. The van der Waals surface area contributed by atoms with Gasteiger partial charge < -0.3 is 74.8 Å². The predicted molar refractivity (Wildman–Crippen MR) is 367 cm³/mol. The van der Waals surface area contributed by atoms with Gasteiger partial charge in [-0.15, -0.1) is 0 Å². The van der Waals surface area contributed by atoms with Crippen LogP contribution in [-0.2, 0) is 23.9 Å². The summed E-state index contributed by atoms with van der Waals surface area (Å²) in [4.78, 5) is 115. The van der Waals surface area contributed by atoms with Gasteiger partial charge in [-0.25, -0.2) is 38.9 Å². The van der Waals surface area contributed by atoms with Gasteiger partial charge in [0.25, 0.3) is 0 Å². The number of carbonyl (C=O) groups is 8. The van der Waals surface area contributed by atoms with Crippen molar-refractivity contribution in [1.82, 2.24) is 39.6 Å². The summed E-state index contributed by atoms with van der Waals surface area (Å²) >= 11 is 12.4. The first-order chi connectivity index (χ1) is 44.4. The van der Waals surface area contributed by atoms with Crippen LogP contribution in [0.5, 0.6) is 23.5 Å². The van der Waals surface area contributed by atoms with Gasteiger partial charge >= 0.3 is 29.8 Å². The molecule has 0 aliphatic carbocycles. The largest absolute Gasteiger partial charge is 0.481 e. The first kappa shape index (κ1) is 81.4. The highest BCUT2D eigenvalue weighted by molar-refractivity contribution is 9.11. The molecule has 0 spiro atoms. The lowest BCUT2D eigenvalue weighted by Gasteiger charge is -2.32. The Morgan fingerprint density at radius 1 is 0.421 bits per heavy atom. The van der Waals surface area contributed by atoms with Crippen molar-refractivity contribution in [3.8, 4) is 23.5 Å². The number of methoxy groups -OCH3 is 4. The van der Waals surface area contributed by atoms with Crippen LogP contribution in [0.1, 0.15) is 153 Å². The van der Waals surface area contributed by atoms with Gasteiger partial charge in [0.05, 0.1) is 56.3 Å². The third-order valence-corrected chi connectivity index (χ3v) is 14.9. The zero-order valence-electron chi connectivity index (χ0n) is 55.2. The standard InChI is InChI=1S/C18H27N3O4.C14H19N3O4.C11H14BrNO3.C7H6BrNO3.C7H14N2O.C6H3Br2NO2/c1-12(22)21-8-6-14(7-9-21)19-15-10-13(11-16(20-15)24-5)17(23)25-18(2,3)4;1-9(18)17-5-3-11(4-6-17)15-12-7-10(14(19)20)8-13(16-12)21-2;1-11(2,3)16-10(14)7-5-8(12)13-9(6-7)15-4;1-12-6-3-4(7(10)11)2-5(8)9-6;1-6(10)9-4-2-7(8)3-5-9;7-4-1-3(6(10)11)2-5(8)9-4/h10-11,14H,6-9H2,1-5H3,(H,19,20);7-8,11H,3-6H2,1-2H3,(H,15,16)(H,19,20);5-6H,1-4H3;2-3H,1H3,(H,10,11);7H,2-5,8H2,1H3;1-2H,(H,10,11). The quantitative estimate of drug-likeness (QED) is 0.0471. The van der Waals surface area contributed by atoms with Crippen LogP contribution in [0.3, 0.4) is 0 Å². The van der Waals surface area contributed by atoms with Crippen LogP contribution < -0.4 is 35.3 Å². The topological polar surface area (TPSA) is 377 Å². The highest BCUT2D eigenvalue weighted by Gasteiger charge is 2.26. The number of pyridine rings is 5. The number of carbonyl (C=O) groups excluding carboxylic acids is 5. The highest BCUT2D eigenvalue weighted by Crippen LogP contribution is 2.25. The molecule has 3 saturated heterocycles. The first-order valence-electron chi connectivity index (χ1n) is 29.5. The SMILES string of the molecule is CC(=O)N1CCC(N)CC1.COc1cc(C(=O)O)cc(Br)n1.COc1cc(C(=O)O)cc(NC2CCN(C(C)=O)CC2)n1.COc1cc(C(=O)OC(C)(C)C)cc(Br)n1.COc1cc(C(=O)OC(C)(C)C)cc(NC2CCN(C(C)=O)CC2)n1.O=C(O)c1cc(Br)nc(Br)c1. The van der Waals surface area contributed by atoms with E-state index in [2.05, 4.69) is 99.3 Å². The van der Waals surface area contributed by atoms with Crippen molar-refractivity contribution < 1.29 is 82.1 Å². The second-order valence-corrected chi connectivity index (χ2v) is 26.4. The van der Waals surface area contributed by atoms with Crippen LogP contribution in [0.4, 0.5) is 11.6 Å². The molecule has 3 aliphatic rings. The summed E-state index contributed by atoms with van der Waals surface area (Å²) in [6.45, 7) is 20.2. The van der Waals surface area contributed by atoms with Gasteiger partial charge in [0, 0.05) is 102 Å². The number of amides is 3. The Morgan fingerprint density at radius 2 is 0.674 bits per heavy atom. The number of nitrogens with two attached hydrogens (primary N) is 1. The summed E-state index contributed by atoms with van der Waals surface area (Å²) in [5.74, 6) is -1.12. The van der Waals surface area contributed by atoms with Gasteiger partial charge in [0.15, 0.2) is 0 Å². The molecule has 0 radical (unpaired) electrons. The molecule has 0 saturated carbocycles. The van der Waals surface area contributed by atoms with Crippen LogP contribution in [0.2, 0.25) is 0 Å². The second kappa shape index (κ2) is 39.3. The van der Waals surface area contributed by atoms with Crippen molar-refractivity contribution in [2.75, 3.05) is 78.3 Å². The van der Waals surface area contributed by atoms with Crippen molar-refractivity contribution in [1.29, 1.82) is 0 Å². The molecule has 3 amide bonds. The number of ether oxygens (including phenoxy) is 6. The molecular weight excluding hydrogens is 1500 g/mol. The number of likely N-dealkylation sites (tertiary alicyclic amines) is 3.